The van der Waals surface area contributed by atoms with Gasteiger partial charge in [0.25, 0.3) is 5.91 Å². The van der Waals surface area contributed by atoms with Crippen LogP contribution in [0.5, 0.6) is 0 Å². The van der Waals surface area contributed by atoms with Crippen LogP contribution in [0.3, 0.4) is 0 Å². The summed E-state index contributed by atoms with van der Waals surface area (Å²) in [6.45, 7) is 1.95. The van der Waals surface area contributed by atoms with Gasteiger partial charge in [0.2, 0.25) is 0 Å². The summed E-state index contributed by atoms with van der Waals surface area (Å²) in [7, 11) is 0. The zero-order valence-corrected chi connectivity index (χ0v) is 9.66. The highest BCUT2D eigenvalue weighted by Gasteiger charge is 2.14. The zero-order valence-electron chi connectivity index (χ0n) is 8.90. The Morgan fingerprint density at radius 3 is 3.06 bits per heavy atom. The lowest BCUT2D eigenvalue weighted by molar-refractivity contribution is 0.0944. The summed E-state index contributed by atoms with van der Waals surface area (Å²) in [4.78, 5) is 15.5. The van der Waals surface area contributed by atoms with Crippen LogP contribution in [0.2, 0.25) is 5.02 Å². The summed E-state index contributed by atoms with van der Waals surface area (Å²) < 4.78 is 0. The first-order valence-electron chi connectivity index (χ1n) is 4.99. The van der Waals surface area contributed by atoms with Crippen LogP contribution in [0.15, 0.2) is 18.5 Å². The first-order valence-corrected chi connectivity index (χ1v) is 5.36. The van der Waals surface area contributed by atoms with E-state index < -0.39 is 6.04 Å². The summed E-state index contributed by atoms with van der Waals surface area (Å²) in [5.74, 6) is -0.340. The fourth-order valence-electron chi connectivity index (χ4n) is 1.25. The molecule has 1 unspecified atom stereocenters. The molecule has 1 amide bonds. The highest BCUT2D eigenvalue weighted by atomic mass is 35.5. The molecule has 1 heterocycles. The number of rotatable bonds is 4. The number of hydrogen-bond acceptors (Lipinski definition) is 3. The van der Waals surface area contributed by atoms with Crippen molar-refractivity contribution in [2.24, 2.45) is 0 Å². The molecule has 16 heavy (non-hydrogen) atoms. The standard InChI is InChI=1S/C11H12ClN3O/c1-2-3-8(6-13)15-11(16)9-4-5-14-7-10(9)12/h4-5,7-8H,2-3H2,1H3,(H,15,16). The molecule has 1 aromatic heterocycles. The van der Waals surface area contributed by atoms with Crippen LogP contribution in [0.25, 0.3) is 0 Å². The maximum absolute atomic E-state index is 11.7. The van der Waals surface area contributed by atoms with Crippen LogP contribution in [-0.2, 0) is 0 Å². The number of nitriles is 1. The molecule has 0 spiro atoms. The van der Waals surface area contributed by atoms with Gasteiger partial charge in [-0.3, -0.25) is 9.78 Å². The van der Waals surface area contributed by atoms with E-state index in [4.69, 9.17) is 16.9 Å². The molecule has 1 atom stereocenters. The quantitative estimate of drug-likeness (QED) is 0.873. The second-order valence-corrected chi connectivity index (χ2v) is 3.71. The lowest BCUT2D eigenvalue weighted by atomic mass is 10.1. The fourth-order valence-corrected chi connectivity index (χ4v) is 1.46. The molecule has 84 valence electrons. The molecule has 0 aliphatic rings. The van der Waals surface area contributed by atoms with Gasteiger partial charge in [-0.25, -0.2) is 0 Å². The second kappa shape index (κ2) is 6.09. The number of hydrogen-bond donors (Lipinski definition) is 1. The van der Waals surface area contributed by atoms with E-state index in [9.17, 15) is 4.79 Å². The monoisotopic (exact) mass is 237 g/mol. The highest BCUT2D eigenvalue weighted by Crippen LogP contribution is 2.13. The average molecular weight is 238 g/mol. The van der Waals surface area contributed by atoms with E-state index in [2.05, 4.69) is 10.3 Å². The second-order valence-electron chi connectivity index (χ2n) is 3.30. The van der Waals surface area contributed by atoms with Crippen molar-refractivity contribution >= 4 is 17.5 Å². The minimum atomic E-state index is -0.471. The Morgan fingerprint density at radius 1 is 1.75 bits per heavy atom. The third-order valence-electron chi connectivity index (χ3n) is 2.06. The number of amides is 1. The van der Waals surface area contributed by atoms with Gasteiger partial charge in [-0.05, 0) is 12.5 Å². The van der Waals surface area contributed by atoms with Crippen molar-refractivity contribution in [1.82, 2.24) is 10.3 Å². The molecule has 4 nitrogen and oxygen atoms in total. The number of nitrogens with zero attached hydrogens (tertiary/aromatic N) is 2. The van der Waals surface area contributed by atoms with Gasteiger partial charge in [0.05, 0.1) is 16.7 Å². The Labute approximate surface area is 99.2 Å². The van der Waals surface area contributed by atoms with Crippen molar-refractivity contribution in [3.63, 3.8) is 0 Å². The molecule has 0 bridgehead atoms. The number of nitrogens with one attached hydrogen (secondary N) is 1. The summed E-state index contributed by atoms with van der Waals surface area (Å²) in [5.41, 5.74) is 0.341. The minimum absolute atomic E-state index is 0.285. The van der Waals surface area contributed by atoms with E-state index in [-0.39, 0.29) is 10.9 Å². The van der Waals surface area contributed by atoms with E-state index in [1.165, 1.54) is 18.5 Å². The van der Waals surface area contributed by atoms with Crippen molar-refractivity contribution < 1.29 is 4.79 Å². The number of carbonyl (C=O) groups excluding carboxylic acids is 1. The van der Waals surface area contributed by atoms with Crippen molar-refractivity contribution in [2.75, 3.05) is 0 Å². The average Bonchev–Trinajstić information content (AvgIpc) is 2.28. The normalized spacial score (nSPS) is 11.6. The molecule has 0 aliphatic heterocycles. The van der Waals surface area contributed by atoms with Crippen LogP contribution in [0.1, 0.15) is 30.1 Å². The van der Waals surface area contributed by atoms with Gasteiger partial charge in [0, 0.05) is 12.4 Å². The Bertz CT molecular complexity index is 414. The number of pyridine rings is 1. The molecule has 0 aliphatic carbocycles. The molecule has 1 N–H and O–H groups in total. The molecule has 1 rings (SSSR count). The fraction of sp³-hybridized carbons (Fsp3) is 0.364. The van der Waals surface area contributed by atoms with Crippen LogP contribution < -0.4 is 5.32 Å². The van der Waals surface area contributed by atoms with Crippen molar-refractivity contribution in [3.05, 3.63) is 29.0 Å². The van der Waals surface area contributed by atoms with Gasteiger partial charge in [0.15, 0.2) is 0 Å². The summed E-state index contributed by atoms with van der Waals surface area (Å²) in [6, 6.07) is 3.09. The van der Waals surface area contributed by atoms with E-state index in [0.717, 1.165) is 6.42 Å². The van der Waals surface area contributed by atoms with E-state index in [1.807, 2.05) is 13.0 Å². The molecular weight excluding hydrogens is 226 g/mol. The van der Waals surface area contributed by atoms with Crippen LogP contribution in [-0.4, -0.2) is 16.9 Å². The van der Waals surface area contributed by atoms with E-state index >= 15 is 0 Å². The summed E-state index contributed by atoms with van der Waals surface area (Å²) in [6.07, 6.45) is 4.35. The molecule has 5 heteroatoms. The molecule has 0 saturated heterocycles. The first kappa shape index (κ1) is 12.5. The van der Waals surface area contributed by atoms with E-state index in [1.54, 1.807) is 0 Å². The maximum atomic E-state index is 11.7. The molecular formula is C11H12ClN3O. The van der Waals surface area contributed by atoms with Crippen LogP contribution >= 0.6 is 11.6 Å². The molecule has 0 radical (unpaired) electrons. The third kappa shape index (κ3) is 3.21. The lowest BCUT2D eigenvalue weighted by Gasteiger charge is -2.10. The van der Waals surface area contributed by atoms with Gasteiger partial charge in [-0.2, -0.15) is 5.26 Å². The third-order valence-corrected chi connectivity index (χ3v) is 2.36. The van der Waals surface area contributed by atoms with Gasteiger partial charge in [-0.1, -0.05) is 24.9 Å². The smallest absolute Gasteiger partial charge is 0.253 e. The van der Waals surface area contributed by atoms with Crippen molar-refractivity contribution in [1.29, 1.82) is 5.26 Å². The predicted molar refractivity (Wildman–Crippen MR) is 61.0 cm³/mol. The van der Waals surface area contributed by atoms with E-state index in [0.29, 0.717) is 12.0 Å². The number of aromatic nitrogens is 1. The predicted octanol–water partition coefficient (Wildman–Crippen LogP) is 2.16. The van der Waals surface area contributed by atoms with Crippen molar-refractivity contribution in [3.8, 4) is 6.07 Å². The topological polar surface area (TPSA) is 65.8 Å². The van der Waals surface area contributed by atoms with Crippen LogP contribution in [0.4, 0.5) is 0 Å². The van der Waals surface area contributed by atoms with Gasteiger partial charge >= 0.3 is 0 Å². The molecule has 0 aromatic carbocycles. The number of carbonyl (C=O) groups is 1. The Kier molecular flexibility index (Phi) is 4.74. The Hall–Kier alpha value is -1.60. The largest absolute Gasteiger partial charge is 0.336 e. The molecule has 0 saturated carbocycles. The minimum Gasteiger partial charge on any atom is -0.336 e. The van der Waals surface area contributed by atoms with Gasteiger partial charge in [0.1, 0.15) is 6.04 Å². The van der Waals surface area contributed by atoms with Gasteiger partial charge < -0.3 is 5.32 Å². The van der Waals surface area contributed by atoms with Gasteiger partial charge in [-0.15, -0.1) is 0 Å². The lowest BCUT2D eigenvalue weighted by Crippen LogP contribution is -2.33. The van der Waals surface area contributed by atoms with Crippen molar-refractivity contribution in [2.45, 2.75) is 25.8 Å². The highest BCUT2D eigenvalue weighted by molar-refractivity contribution is 6.33. The first-order chi connectivity index (χ1) is 7.69. The molecule has 0 fully saturated rings. The zero-order chi connectivity index (χ0) is 12.0. The van der Waals surface area contributed by atoms with Crippen LogP contribution in [0, 0.1) is 11.3 Å². The number of halogens is 1. The maximum Gasteiger partial charge on any atom is 0.253 e. The molecule has 1 aromatic rings. The summed E-state index contributed by atoms with van der Waals surface area (Å²) >= 11 is 5.82. The Morgan fingerprint density at radius 2 is 2.50 bits per heavy atom. The Balaban J connectivity index is 2.73. The SMILES string of the molecule is CCCC(C#N)NC(=O)c1ccncc1Cl. The summed E-state index contributed by atoms with van der Waals surface area (Å²) in [5, 5.41) is 11.7.